The Balaban J connectivity index is 2.85. The summed E-state index contributed by atoms with van der Waals surface area (Å²) in [5.41, 5.74) is -0.0747. The van der Waals surface area contributed by atoms with Crippen LogP contribution in [0.5, 0.6) is 0 Å². The van der Waals surface area contributed by atoms with Crippen LogP contribution in [-0.2, 0) is 9.53 Å². The Morgan fingerprint density at radius 2 is 1.80 bits per heavy atom. The maximum atomic E-state index is 13.1. The molecule has 3 nitrogen and oxygen atoms in total. The van der Waals surface area contributed by atoms with Crippen molar-refractivity contribution in [1.82, 2.24) is 0 Å². The monoisotopic (exact) mass is 214 g/mol. The van der Waals surface area contributed by atoms with Crippen LogP contribution < -0.4 is 0 Å². The van der Waals surface area contributed by atoms with Gasteiger partial charge in [-0.15, -0.1) is 0 Å². The number of hydrogen-bond acceptors (Lipinski definition) is 3. The molecule has 0 saturated carbocycles. The van der Waals surface area contributed by atoms with Crippen LogP contribution in [0.4, 0.5) is 8.78 Å². The lowest BCUT2D eigenvalue weighted by Crippen LogP contribution is -2.26. The van der Waals surface area contributed by atoms with E-state index in [4.69, 9.17) is 0 Å². The van der Waals surface area contributed by atoms with Gasteiger partial charge in [0, 0.05) is 5.56 Å². The highest BCUT2D eigenvalue weighted by Crippen LogP contribution is 2.09. The van der Waals surface area contributed by atoms with E-state index in [-0.39, 0.29) is 5.56 Å². The van der Waals surface area contributed by atoms with Gasteiger partial charge in [-0.3, -0.25) is 4.79 Å². The zero-order chi connectivity index (χ0) is 11.4. The fourth-order valence-electron chi connectivity index (χ4n) is 0.971. The minimum Gasteiger partial charge on any atom is -0.467 e. The van der Waals surface area contributed by atoms with E-state index in [1.807, 2.05) is 0 Å². The minimum absolute atomic E-state index is 0.0747. The van der Waals surface area contributed by atoms with Crippen LogP contribution in [0.2, 0.25) is 0 Å². The molecule has 0 bridgehead atoms. The first-order valence-electron chi connectivity index (χ1n) is 4.08. The molecule has 0 radical (unpaired) electrons. The zero-order valence-electron chi connectivity index (χ0n) is 7.87. The number of methoxy groups -OCH3 is 1. The zero-order valence-corrected chi connectivity index (χ0v) is 7.87. The van der Waals surface area contributed by atoms with Crippen LogP contribution in [0, 0.1) is 5.82 Å². The van der Waals surface area contributed by atoms with Gasteiger partial charge < -0.3 is 4.74 Å². The summed E-state index contributed by atoms with van der Waals surface area (Å²) in [5, 5.41) is 0. The molecule has 15 heavy (non-hydrogen) atoms. The molecule has 0 aliphatic carbocycles. The van der Waals surface area contributed by atoms with Gasteiger partial charge in [-0.05, 0) is 24.3 Å². The number of rotatable bonds is 3. The van der Waals surface area contributed by atoms with E-state index in [9.17, 15) is 18.4 Å². The average Bonchev–Trinajstić information content (AvgIpc) is 2.27. The number of carbonyl (C=O) groups excluding carboxylic acids is 2. The second-order valence-corrected chi connectivity index (χ2v) is 2.76. The topological polar surface area (TPSA) is 43.4 Å². The van der Waals surface area contributed by atoms with Crippen molar-refractivity contribution in [2.45, 2.75) is 6.17 Å². The predicted molar refractivity (Wildman–Crippen MR) is 47.6 cm³/mol. The highest BCUT2D eigenvalue weighted by Gasteiger charge is 2.27. The molecule has 1 unspecified atom stereocenters. The molecule has 80 valence electrons. The lowest BCUT2D eigenvalue weighted by molar-refractivity contribution is -0.144. The Morgan fingerprint density at radius 1 is 1.27 bits per heavy atom. The first-order chi connectivity index (χ1) is 7.06. The van der Waals surface area contributed by atoms with Crippen molar-refractivity contribution in [2.24, 2.45) is 0 Å². The van der Waals surface area contributed by atoms with Crippen LogP contribution in [0.1, 0.15) is 10.4 Å². The van der Waals surface area contributed by atoms with Crippen LogP contribution >= 0.6 is 0 Å². The number of halogens is 2. The second kappa shape index (κ2) is 4.63. The van der Waals surface area contributed by atoms with Gasteiger partial charge in [-0.2, -0.15) is 0 Å². The summed E-state index contributed by atoms with van der Waals surface area (Å²) in [6.45, 7) is 0. The molecular weight excluding hydrogens is 206 g/mol. The Morgan fingerprint density at radius 3 is 2.27 bits per heavy atom. The largest absolute Gasteiger partial charge is 0.467 e. The predicted octanol–water partition coefficient (Wildman–Crippen LogP) is 1.52. The summed E-state index contributed by atoms with van der Waals surface area (Å²) >= 11 is 0. The Labute approximate surface area is 84.7 Å². The van der Waals surface area contributed by atoms with Crippen LogP contribution in [0.15, 0.2) is 24.3 Å². The van der Waals surface area contributed by atoms with Crippen molar-refractivity contribution in [2.75, 3.05) is 7.11 Å². The summed E-state index contributed by atoms with van der Waals surface area (Å²) in [4.78, 5) is 22.0. The molecule has 1 aromatic carbocycles. The molecule has 1 rings (SSSR count). The summed E-state index contributed by atoms with van der Waals surface area (Å²) < 4.78 is 29.6. The summed E-state index contributed by atoms with van der Waals surface area (Å²) in [6.07, 6.45) is -2.36. The van der Waals surface area contributed by atoms with Crippen molar-refractivity contribution in [3.63, 3.8) is 0 Å². The molecule has 0 heterocycles. The molecule has 0 fully saturated rings. The molecule has 0 aromatic heterocycles. The van der Waals surface area contributed by atoms with Gasteiger partial charge in [0.1, 0.15) is 5.82 Å². The number of benzene rings is 1. The van der Waals surface area contributed by atoms with Crippen molar-refractivity contribution in [3.8, 4) is 0 Å². The third kappa shape index (κ3) is 2.59. The van der Waals surface area contributed by atoms with Gasteiger partial charge in [0.05, 0.1) is 7.11 Å². The first kappa shape index (κ1) is 11.3. The maximum Gasteiger partial charge on any atom is 0.348 e. The maximum absolute atomic E-state index is 13.1. The highest BCUT2D eigenvalue weighted by molar-refractivity contribution is 6.10. The Kier molecular flexibility index (Phi) is 3.49. The molecule has 0 aliphatic heterocycles. The second-order valence-electron chi connectivity index (χ2n) is 2.76. The molecule has 1 aromatic rings. The van der Waals surface area contributed by atoms with Crippen molar-refractivity contribution < 1.29 is 23.1 Å². The van der Waals surface area contributed by atoms with Gasteiger partial charge in [-0.25, -0.2) is 13.6 Å². The summed E-state index contributed by atoms with van der Waals surface area (Å²) in [6, 6.07) is 4.23. The summed E-state index contributed by atoms with van der Waals surface area (Å²) in [5.74, 6) is -2.84. The SMILES string of the molecule is COC(=O)C(F)C(=O)c1ccc(F)cc1. The molecule has 0 saturated heterocycles. The smallest absolute Gasteiger partial charge is 0.348 e. The number of carbonyl (C=O) groups is 2. The van der Waals surface area contributed by atoms with Gasteiger partial charge in [0.25, 0.3) is 6.17 Å². The van der Waals surface area contributed by atoms with Crippen molar-refractivity contribution >= 4 is 11.8 Å². The molecule has 0 aliphatic rings. The quantitative estimate of drug-likeness (QED) is 0.435. The van der Waals surface area contributed by atoms with Gasteiger partial charge >= 0.3 is 5.97 Å². The van der Waals surface area contributed by atoms with Crippen molar-refractivity contribution in [3.05, 3.63) is 35.6 Å². The number of alkyl halides is 1. The van der Waals surface area contributed by atoms with E-state index in [0.717, 1.165) is 31.4 Å². The molecule has 0 N–H and O–H groups in total. The van der Waals surface area contributed by atoms with E-state index in [1.54, 1.807) is 0 Å². The summed E-state index contributed by atoms with van der Waals surface area (Å²) in [7, 11) is 0.979. The van der Waals surface area contributed by atoms with E-state index in [0.29, 0.717) is 0 Å². The van der Waals surface area contributed by atoms with Crippen LogP contribution in [-0.4, -0.2) is 25.0 Å². The normalized spacial score (nSPS) is 11.9. The number of ether oxygens (including phenoxy) is 1. The molecular formula is C10H8F2O3. The van der Waals surface area contributed by atoms with E-state index >= 15 is 0 Å². The standard InChI is InChI=1S/C10H8F2O3/c1-15-10(14)8(12)9(13)6-2-4-7(11)5-3-6/h2-5,8H,1H3. The Bertz CT molecular complexity index is 373. The van der Waals surface area contributed by atoms with E-state index in [2.05, 4.69) is 4.74 Å². The van der Waals surface area contributed by atoms with E-state index in [1.165, 1.54) is 0 Å². The highest BCUT2D eigenvalue weighted by atomic mass is 19.1. The third-order valence-corrected chi connectivity index (χ3v) is 1.77. The first-order valence-corrected chi connectivity index (χ1v) is 4.08. The molecule has 0 amide bonds. The fourth-order valence-corrected chi connectivity index (χ4v) is 0.971. The molecule has 1 atom stereocenters. The third-order valence-electron chi connectivity index (χ3n) is 1.77. The van der Waals surface area contributed by atoms with Gasteiger partial charge in [0.2, 0.25) is 5.78 Å². The van der Waals surface area contributed by atoms with Crippen LogP contribution in [0.25, 0.3) is 0 Å². The fraction of sp³-hybridized carbons (Fsp3) is 0.200. The number of hydrogen-bond donors (Lipinski definition) is 0. The number of ketones is 1. The lowest BCUT2D eigenvalue weighted by atomic mass is 10.1. The average molecular weight is 214 g/mol. The minimum atomic E-state index is -2.36. The van der Waals surface area contributed by atoms with Gasteiger partial charge in [-0.1, -0.05) is 0 Å². The lowest BCUT2D eigenvalue weighted by Gasteiger charge is -2.04. The van der Waals surface area contributed by atoms with Gasteiger partial charge in [0.15, 0.2) is 0 Å². The Hall–Kier alpha value is -1.78. The molecule has 5 heteroatoms. The number of esters is 1. The molecule has 0 spiro atoms. The number of Topliss-reactive ketones (excluding diaryl/α,β-unsaturated/α-hetero) is 1. The van der Waals surface area contributed by atoms with Crippen molar-refractivity contribution in [1.29, 1.82) is 0 Å². The van der Waals surface area contributed by atoms with E-state index < -0.39 is 23.7 Å². The van der Waals surface area contributed by atoms with Crippen LogP contribution in [0.3, 0.4) is 0 Å².